The molecule has 0 saturated heterocycles. The van der Waals surface area contributed by atoms with Crippen LogP contribution < -0.4 is 10.6 Å². The number of phosphoric acid groups is 2. The van der Waals surface area contributed by atoms with Gasteiger partial charge in [0.05, 0.1) is 31.7 Å². The van der Waals surface area contributed by atoms with E-state index in [0.29, 0.717) is 0 Å². The fraction of sp³-hybridized carbons (Fsp3) is 0.579. The van der Waals surface area contributed by atoms with Crippen LogP contribution in [0.25, 0.3) is 0 Å². The number of carbonyl (C=O) groups excluding carboxylic acids is 4. The number of ether oxygens (including phenoxy) is 4. The summed E-state index contributed by atoms with van der Waals surface area (Å²) in [4.78, 5) is 83.0. The summed E-state index contributed by atoms with van der Waals surface area (Å²) in [6, 6.07) is 0. The highest BCUT2D eigenvalue weighted by Gasteiger charge is 2.39. The fourth-order valence-corrected chi connectivity index (χ4v) is 2.96. The zero-order chi connectivity index (χ0) is 30.3. The second-order valence-corrected chi connectivity index (χ2v) is 10.3. The van der Waals surface area contributed by atoms with Crippen molar-refractivity contribution in [3.63, 3.8) is 0 Å². The van der Waals surface area contributed by atoms with Crippen LogP contribution in [-0.4, -0.2) is 96.4 Å². The highest BCUT2D eigenvalue weighted by molar-refractivity contribution is 7.46. The highest BCUT2D eigenvalue weighted by Crippen LogP contribution is 2.42. The van der Waals surface area contributed by atoms with Crippen LogP contribution in [0.5, 0.6) is 0 Å². The minimum atomic E-state index is -5.17. The van der Waals surface area contributed by atoms with Gasteiger partial charge in [-0.25, -0.2) is 28.3 Å². The van der Waals surface area contributed by atoms with Crippen LogP contribution in [0.15, 0.2) is 24.3 Å². The van der Waals surface area contributed by atoms with E-state index in [2.05, 4.69) is 32.8 Å². The van der Waals surface area contributed by atoms with Crippen molar-refractivity contribution in [1.29, 1.82) is 0 Å². The zero-order valence-corrected chi connectivity index (χ0v) is 22.9. The maximum Gasteiger partial charge on any atom is 0.469 e. The van der Waals surface area contributed by atoms with Crippen LogP contribution in [0, 0.1) is 5.41 Å². The van der Waals surface area contributed by atoms with E-state index in [1.165, 1.54) is 13.8 Å². The first kappa shape index (κ1) is 36.2. The molecule has 0 aromatic heterocycles. The quantitative estimate of drug-likeness (QED) is 0.0390. The second-order valence-electron chi connectivity index (χ2n) is 7.87. The number of phosphoric ester groups is 2. The van der Waals surface area contributed by atoms with Crippen molar-refractivity contribution < 1.29 is 75.9 Å². The molecule has 0 unspecified atom stereocenters. The molecule has 18 nitrogen and oxygen atoms in total. The average molecular weight is 606 g/mol. The van der Waals surface area contributed by atoms with Gasteiger partial charge in [-0.15, -0.1) is 0 Å². The molecular weight excluding hydrogens is 574 g/mol. The maximum atomic E-state index is 12.0. The lowest BCUT2D eigenvalue weighted by molar-refractivity contribution is -0.139. The lowest BCUT2D eigenvalue weighted by Crippen LogP contribution is -2.44. The Hall–Kier alpha value is -2.82. The molecule has 0 aliphatic carbocycles. The predicted octanol–water partition coefficient (Wildman–Crippen LogP) is -0.118. The van der Waals surface area contributed by atoms with Crippen molar-refractivity contribution in [1.82, 2.24) is 10.6 Å². The molecule has 39 heavy (non-hydrogen) atoms. The molecule has 0 aromatic carbocycles. The van der Waals surface area contributed by atoms with Crippen molar-refractivity contribution in [2.45, 2.75) is 13.8 Å². The van der Waals surface area contributed by atoms with Crippen LogP contribution in [0.1, 0.15) is 13.8 Å². The number of alkyl carbamates (subject to hydrolysis) is 2. The first-order valence-corrected chi connectivity index (χ1v) is 13.8. The van der Waals surface area contributed by atoms with Gasteiger partial charge < -0.3 is 49.2 Å². The van der Waals surface area contributed by atoms with Gasteiger partial charge in [0.2, 0.25) is 0 Å². The van der Waals surface area contributed by atoms with Gasteiger partial charge in [0.1, 0.15) is 26.4 Å². The molecule has 0 radical (unpaired) electrons. The Bertz CT molecular complexity index is 910. The van der Waals surface area contributed by atoms with Crippen molar-refractivity contribution >= 4 is 39.8 Å². The normalized spacial score (nSPS) is 11.6. The molecule has 0 aliphatic rings. The van der Waals surface area contributed by atoms with Crippen LogP contribution in [0.4, 0.5) is 9.59 Å². The van der Waals surface area contributed by atoms with Gasteiger partial charge >= 0.3 is 39.8 Å². The van der Waals surface area contributed by atoms with Crippen molar-refractivity contribution in [3.05, 3.63) is 24.3 Å². The van der Waals surface area contributed by atoms with E-state index in [1.54, 1.807) is 0 Å². The summed E-state index contributed by atoms with van der Waals surface area (Å²) < 4.78 is 50.7. The van der Waals surface area contributed by atoms with E-state index in [9.17, 15) is 28.3 Å². The Morgan fingerprint density at radius 2 is 1.00 bits per heavy atom. The Kier molecular flexibility index (Phi) is 15.8. The van der Waals surface area contributed by atoms with Crippen LogP contribution in [-0.2, 0) is 46.7 Å². The third-order valence-electron chi connectivity index (χ3n) is 4.00. The van der Waals surface area contributed by atoms with Crippen LogP contribution in [0.2, 0.25) is 0 Å². The van der Waals surface area contributed by atoms with E-state index in [4.69, 9.17) is 38.5 Å². The van der Waals surface area contributed by atoms with Crippen LogP contribution >= 0.6 is 15.6 Å². The number of amides is 2. The van der Waals surface area contributed by atoms with Crippen LogP contribution in [0.3, 0.4) is 0 Å². The third kappa shape index (κ3) is 19.0. The summed E-state index contributed by atoms with van der Waals surface area (Å²) in [7, 11) is -10.3. The van der Waals surface area contributed by atoms with Gasteiger partial charge in [-0.1, -0.05) is 13.2 Å². The summed E-state index contributed by atoms with van der Waals surface area (Å²) in [5.41, 5.74) is -1.81. The number of hydrogen-bond donors (Lipinski definition) is 6. The highest BCUT2D eigenvalue weighted by atomic mass is 31.2. The molecule has 0 bridgehead atoms. The second kappa shape index (κ2) is 17.0. The molecule has 0 fully saturated rings. The van der Waals surface area contributed by atoms with Crippen molar-refractivity contribution in [3.8, 4) is 0 Å². The molecule has 0 rings (SSSR count). The summed E-state index contributed by atoms with van der Waals surface area (Å²) in [6.45, 7) is 4.66. The first-order valence-electron chi connectivity index (χ1n) is 10.7. The smallest absolute Gasteiger partial charge is 0.460 e. The zero-order valence-electron chi connectivity index (χ0n) is 21.2. The average Bonchev–Trinajstić information content (AvgIpc) is 2.82. The Balaban J connectivity index is 5.31. The number of esters is 2. The number of nitrogens with one attached hydrogen (secondary N) is 2. The Morgan fingerprint density at radius 3 is 1.28 bits per heavy atom. The molecule has 0 spiro atoms. The van der Waals surface area contributed by atoms with Gasteiger partial charge in [-0.3, -0.25) is 9.05 Å². The summed E-state index contributed by atoms with van der Waals surface area (Å²) in [6.07, 6.45) is -2.30. The molecular formula is C19H32N2O16P2. The molecule has 6 N–H and O–H groups in total. The lowest BCUT2D eigenvalue weighted by atomic mass is 9.92. The summed E-state index contributed by atoms with van der Waals surface area (Å²) in [5.74, 6) is -1.42. The molecule has 2 amide bonds. The monoisotopic (exact) mass is 606 g/mol. The molecule has 0 atom stereocenters. The third-order valence-corrected chi connectivity index (χ3v) is 4.93. The van der Waals surface area contributed by atoms with Crippen molar-refractivity contribution in [2.24, 2.45) is 5.41 Å². The number of carbonyl (C=O) groups is 4. The van der Waals surface area contributed by atoms with E-state index < -0.39 is 71.6 Å². The minimum Gasteiger partial charge on any atom is -0.460 e. The Labute approximate surface area is 223 Å². The molecule has 20 heteroatoms. The first-order chi connectivity index (χ1) is 17.9. The summed E-state index contributed by atoms with van der Waals surface area (Å²) in [5, 5.41) is 4.37. The van der Waals surface area contributed by atoms with E-state index in [-0.39, 0.29) is 37.4 Å². The largest absolute Gasteiger partial charge is 0.469 e. The lowest BCUT2D eigenvalue weighted by Gasteiger charge is -2.32. The van der Waals surface area contributed by atoms with Gasteiger partial charge in [-0.2, -0.15) is 0 Å². The van der Waals surface area contributed by atoms with E-state index >= 15 is 0 Å². The predicted molar refractivity (Wildman–Crippen MR) is 129 cm³/mol. The molecule has 0 aliphatic heterocycles. The van der Waals surface area contributed by atoms with Crippen molar-refractivity contribution in [2.75, 3.05) is 52.7 Å². The molecule has 0 saturated carbocycles. The molecule has 0 heterocycles. The van der Waals surface area contributed by atoms with Gasteiger partial charge in [0, 0.05) is 11.1 Å². The number of rotatable bonds is 18. The number of hydrogen-bond acceptors (Lipinski definition) is 12. The SMILES string of the molecule is C=C(C)C(=O)OCCNC(=O)OCC(COC(=O)NCCOC(=O)C(=C)C)(COP(=O)(O)O)COP(=O)(O)O. The van der Waals surface area contributed by atoms with Gasteiger partial charge in [0.25, 0.3) is 0 Å². The topological polar surface area (TPSA) is 263 Å². The minimum absolute atomic E-state index is 0.120. The molecule has 0 aromatic rings. The standard InChI is InChI=1S/C19H32N2O16P2/c1-13(2)15(22)32-7-5-20-17(24)34-9-19(11-36-38(26,27)28,12-37-39(29,30)31)10-35-18(25)21-6-8-33-16(23)14(3)4/h1,3,5-12H2,2,4H3,(H,20,24)(H,21,25)(H2,26,27,28)(H2,29,30,31). The fourth-order valence-electron chi connectivity index (χ4n) is 2.07. The maximum absolute atomic E-state index is 12.0. The van der Waals surface area contributed by atoms with Gasteiger partial charge in [0.15, 0.2) is 0 Å². The van der Waals surface area contributed by atoms with E-state index in [0.717, 1.165) is 0 Å². The molecule has 224 valence electrons. The van der Waals surface area contributed by atoms with E-state index in [1.807, 2.05) is 0 Å². The van der Waals surface area contributed by atoms with Gasteiger partial charge in [-0.05, 0) is 13.8 Å². The summed E-state index contributed by atoms with van der Waals surface area (Å²) >= 11 is 0. The Morgan fingerprint density at radius 1 is 0.667 bits per heavy atom.